The van der Waals surface area contributed by atoms with Crippen LogP contribution in [0.1, 0.15) is 36.5 Å². The number of ether oxygens (including phenoxy) is 1. The highest BCUT2D eigenvalue weighted by molar-refractivity contribution is 5.98. The molecular weight excluding hydrogens is 628 g/mol. The molecule has 4 atom stereocenters. The van der Waals surface area contributed by atoms with E-state index < -0.39 is 36.2 Å². The molecule has 0 aliphatic carbocycles. The molecule has 4 amide bonds. The summed E-state index contributed by atoms with van der Waals surface area (Å²) in [4.78, 5) is 59.4. The molecular formula is C34H34N10O5. The molecule has 0 aromatic heterocycles. The lowest BCUT2D eigenvalue weighted by molar-refractivity contribution is -0.134. The van der Waals surface area contributed by atoms with Gasteiger partial charge in [0.15, 0.2) is 0 Å². The van der Waals surface area contributed by atoms with Gasteiger partial charge in [-0.05, 0) is 64.9 Å². The molecule has 2 unspecified atom stereocenters. The van der Waals surface area contributed by atoms with Crippen LogP contribution in [0.3, 0.4) is 0 Å². The predicted molar refractivity (Wildman–Crippen MR) is 182 cm³/mol. The molecule has 2 fully saturated rings. The molecule has 2 saturated heterocycles. The van der Waals surface area contributed by atoms with E-state index in [-0.39, 0.29) is 44.4 Å². The Morgan fingerprint density at radius 2 is 1.22 bits per heavy atom. The van der Waals surface area contributed by atoms with Gasteiger partial charge in [0.05, 0.1) is 12.1 Å². The van der Waals surface area contributed by atoms with E-state index in [1.807, 2.05) is 66.7 Å². The molecule has 0 radical (unpaired) electrons. The summed E-state index contributed by atoms with van der Waals surface area (Å²) in [6.07, 6.45) is 3.56. The summed E-state index contributed by atoms with van der Waals surface area (Å²) in [5, 5.41) is 13.1. The van der Waals surface area contributed by atoms with E-state index in [4.69, 9.17) is 15.8 Å². The number of anilines is 2. The molecule has 15 nitrogen and oxygen atoms in total. The van der Waals surface area contributed by atoms with Crippen LogP contribution in [0.25, 0.3) is 33.0 Å². The molecule has 3 aromatic carbocycles. The van der Waals surface area contributed by atoms with Crippen LogP contribution in [0, 0.1) is 0 Å². The maximum Gasteiger partial charge on any atom is 0.410 e. The number of carbonyl (C=O) groups is 4. The van der Waals surface area contributed by atoms with Crippen LogP contribution in [-0.2, 0) is 25.7 Å². The van der Waals surface area contributed by atoms with Gasteiger partial charge in [-0.25, -0.2) is 4.79 Å². The maximum atomic E-state index is 13.2. The molecule has 2 aliphatic rings. The van der Waals surface area contributed by atoms with Crippen LogP contribution in [0.5, 0.6) is 0 Å². The van der Waals surface area contributed by atoms with Crippen LogP contribution >= 0.6 is 0 Å². The van der Waals surface area contributed by atoms with Crippen LogP contribution < -0.4 is 10.6 Å². The average Bonchev–Trinajstić information content (AvgIpc) is 3.74. The molecule has 0 bridgehead atoms. The van der Waals surface area contributed by atoms with E-state index in [2.05, 4.69) is 30.7 Å². The monoisotopic (exact) mass is 662 g/mol. The minimum atomic E-state index is -0.869. The zero-order valence-corrected chi connectivity index (χ0v) is 26.6. The van der Waals surface area contributed by atoms with Crippen molar-refractivity contribution < 1.29 is 23.9 Å². The second-order valence-electron chi connectivity index (χ2n) is 11.6. The topological polar surface area (TPSA) is 206 Å². The summed E-state index contributed by atoms with van der Waals surface area (Å²) in [6, 6.07) is 20.9. The molecule has 0 saturated carbocycles. The molecule has 5 rings (SSSR count). The van der Waals surface area contributed by atoms with Crippen molar-refractivity contribution in [2.45, 2.75) is 50.5 Å². The Bertz CT molecular complexity index is 1800. The summed E-state index contributed by atoms with van der Waals surface area (Å²) in [6.45, 7) is 1.71. The molecule has 3 aromatic rings. The van der Waals surface area contributed by atoms with Gasteiger partial charge in [0.25, 0.3) is 0 Å². The third kappa shape index (κ3) is 8.95. The Kier molecular flexibility index (Phi) is 11.1. The van der Waals surface area contributed by atoms with Gasteiger partial charge >= 0.3 is 6.09 Å². The zero-order valence-electron chi connectivity index (χ0n) is 26.6. The van der Waals surface area contributed by atoms with E-state index in [1.54, 1.807) is 24.3 Å². The summed E-state index contributed by atoms with van der Waals surface area (Å²) >= 11 is 0. The highest BCUT2D eigenvalue weighted by Crippen LogP contribution is 2.25. The van der Waals surface area contributed by atoms with Crippen molar-refractivity contribution in [1.82, 2.24) is 9.80 Å². The summed E-state index contributed by atoms with van der Waals surface area (Å²) < 4.78 is 5.44. The molecule has 2 aliphatic heterocycles. The Morgan fingerprint density at radius 1 is 0.755 bits per heavy atom. The van der Waals surface area contributed by atoms with Crippen molar-refractivity contribution in [2.75, 3.05) is 23.7 Å². The van der Waals surface area contributed by atoms with Gasteiger partial charge in [-0.15, -0.1) is 0 Å². The Hall–Kier alpha value is -6.30. The Labute approximate surface area is 281 Å². The van der Waals surface area contributed by atoms with Crippen LogP contribution in [0.2, 0.25) is 0 Å². The van der Waals surface area contributed by atoms with E-state index >= 15 is 0 Å². The summed E-state index contributed by atoms with van der Waals surface area (Å²) in [7, 11) is 0. The third-order valence-electron chi connectivity index (χ3n) is 8.26. The number of benzene rings is 3. The number of rotatable bonds is 10. The quantitative estimate of drug-likeness (QED) is 0.113. The normalized spacial score (nSPS) is 19.9. The Morgan fingerprint density at radius 3 is 1.69 bits per heavy atom. The van der Waals surface area contributed by atoms with E-state index in [0.717, 1.165) is 16.7 Å². The number of amides is 4. The SMILES string of the molecule is CC(=O)N1CC(N=[N+]=[N-])C[C@H]1C(=O)Nc1ccc(/C=C/c2ccc(NC(=O)[C@@H]3CC(N=[N+]=[N-])CN3C(=O)OCc3ccccc3)cc2)cc1. The van der Waals surface area contributed by atoms with E-state index in [1.165, 1.54) is 16.7 Å². The van der Waals surface area contributed by atoms with Crippen LogP contribution in [0.15, 0.2) is 89.1 Å². The second kappa shape index (κ2) is 16.0. The predicted octanol–water partition coefficient (Wildman–Crippen LogP) is 6.12. The molecule has 2 N–H and O–H groups in total. The number of hydrogen-bond acceptors (Lipinski definition) is 7. The molecule has 15 heteroatoms. The first-order valence-corrected chi connectivity index (χ1v) is 15.6. The van der Waals surface area contributed by atoms with Gasteiger partial charge in [-0.3, -0.25) is 19.3 Å². The second-order valence-corrected chi connectivity index (χ2v) is 11.6. The minimum absolute atomic E-state index is 0.0511. The number of carbonyl (C=O) groups excluding carboxylic acids is 4. The van der Waals surface area contributed by atoms with E-state index in [9.17, 15) is 19.2 Å². The average molecular weight is 663 g/mol. The smallest absolute Gasteiger partial charge is 0.410 e. The van der Waals surface area contributed by atoms with Gasteiger partial charge in [0.2, 0.25) is 17.7 Å². The highest BCUT2D eigenvalue weighted by Gasteiger charge is 2.40. The number of nitrogens with one attached hydrogen (secondary N) is 2. The first-order chi connectivity index (χ1) is 23.7. The van der Waals surface area contributed by atoms with Crippen molar-refractivity contribution in [3.63, 3.8) is 0 Å². The number of nitrogens with zero attached hydrogens (tertiary/aromatic N) is 8. The van der Waals surface area contributed by atoms with Crippen molar-refractivity contribution in [3.8, 4) is 0 Å². The Balaban J connectivity index is 1.15. The number of azide groups is 2. The van der Waals surface area contributed by atoms with E-state index in [0.29, 0.717) is 11.4 Å². The van der Waals surface area contributed by atoms with Crippen molar-refractivity contribution >= 4 is 47.3 Å². The lowest BCUT2D eigenvalue weighted by Crippen LogP contribution is -2.43. The molecule has 250 valence electrons. The molecule has 0 spiro atoms. The van der Waals surface area contributed by atoms with Gasteiger partial charge < -0.3 is 20.3 Å². The highest BCUT2D eigenvalue weighted by atomic mass is 16.6. The molecule has 49 heavy (non-hydrogen) atoms. The van der Waals surface area contributed by atoms with Gasteiger partial charge in [0.1, 0.15) is 18.7 Å². The van der Waals surface area contributed by atoms with Crippen LogP contribution in [0.4, 0.5) is 16.2 Å². The maximum absolute atomic E-state index is 13.2. The van der Waals surface area contributed by atoms with Gasteiger partial charge in [0, 0.05) is 41.2 Å². The number of hydrogen-bond donors (Lipinski definition) is 2. The minimum Gasteiger partial charge on any atom is -0.445 e. The fraction of sp³-hybridized carbons (Fsp3) is 0.294. The summed E-state index contributed by atoms with van der Waals surface area (Å²) in [5.74, 6) is -1.02. The fourth-order valence-corrected chi connectivity index (χ4v) is 5.79. The van der Waals surface area contributed by atoms with Crippen molar-refractivity contribution in [1.29, 1.82) is 0 Å². The van der Waals surface area contributed by atoms with Crippen molar-refractivity contribution in [2.24, 2.45) is 10.2 Å². The lowest BCUT2D eigenvalue weighted by atomic mass is 10.1. The van der Waals surface area contributed by atoms with Crippen molar-refractivity contribution in [3.05, 3.63) is 116 Å². The fourth-order valence-electron chi connectivity index (χ4n) is 5.79. The van der Waals surface area contributed by atoms with Crippen LogP contribution in [-0.4, -0.2) is 70.9 Å². The van der Waals surface area contributed by atoms with Gasteiger partial charge in [-0.1, -0.05) is 77.0 Å². The molecule has 2 heterocycles. The number of likely N-dealkylation sites (tertiary alicyclic amines) is 2. The zero-order chi connectivity index (χ0) is 34.8. The standard InChI is InChI=1S/C34H34N10O5/c1-22(45)43-19-28(39-41-35)17-30(43)32(46)37-26-13-9-23(10-14-26)7-8-24-11-15-27(16-12-24)38-33(47)31-18-29(40-42-36)20-44(31)34(48)49-21-25-5-3-2-4-6-25/h2-16,28-31H,17-21H2,1H3,(H,37,46)(H,38,47)/b8-7+/t28?,29?,30-,31-/m0/s1. The third-order valence-corrected chi connectivity index (χ3v) is 8.26. The largest absolute Gasteiger partial charge is 0.445 e. The first kappa shape index (κ1) is 34.0. The lowest BCUT2D eigenvalue weighted by Gasteiger charge is -2.23. The summed E-state index contributed by atoms with van der Waals surface area (Å²) in [5.41, 5.74) is 21.3. The van der Waals surface area contributed by atoms with Gasteiger partial charge in [-0.2, -0.15) is 0 Å². The first-order valence-electron chi connectivity index (χ1n) is 15.6.